The molecule has 6 N–H and O–H groups in total. The minimum Gasteiger partial charge on any atom is -0.383 e. The molecule has 0 radical (unpaired) electrons. The minimum absolute atomic E-state index is 0.281. The van der Waals surface area contributed by atoms with Crippen molar-refractivity contribution < 1.29 is 9.59 Å². The van der Waals surface area contributed by atoms with Gasteiger partial charge in [0.2, 0.25) is 0 Å². The first kappa shape index (κ1) is 46.0. The van der Waals surface area contributed by atoms with Gasteiger partial charge < -0.3 is 22.1 Å². The maximum Gasteiger partial charge on any atom is 0.274 e. The summed E-state index contributed by atoms with van der Waals surface area (Å²) in [5, 5.41) is 18.6. The van der Waals surface area contributed by atoms with Gasteiger partial charge in [-0.25, -0.2) is 29.6 Å². The second-order valence-electron chi connectivity index (χ2n) is 17.5. The standard InChI is InChI=1S/C28H26N6O.C27H25N7O/c1-16-7-5-6-8-22(16)20-9-10-26(30-15-20)34-25(13-19(4)33-34)28(35)32-24-14-23-21(11-17(24)2)12-18(3)31-27(23)29;1-15-7-5-6-8-21(15)20-13-29-27(30-14-20)34-24(11-18(4)33-34)26(35)32-23-12-22-19(9-16(23)2)10-17(3)31-25(22)28/h5-15H,1-4H3,(H2,29,31)(H,32,35);5-14H,1-4H3,(H2,28,31)(H,32,35). The molecule has 0 spiro atoms. The second-order valence-corrected chi connectivity index (χ2v) is 17.5. The van der Waals surface area contributed by atoms with Gasteiger partial charge in [0.1, 0.15) is 23.0 Å². The zero-order valence-corrected chi connectivity index (χ0v) is 40.1. The van der Waals surface area contributed by atoms with E-state index < -0.39 is 0 Å². The van der Waals surface area contributed by atoms with Crippen LogP contribution in [0.2, 0.25) is 0 Å². The summed E-state index contributed by atoms with van der Waals surface area (Å²) in [6.45, 7) is 15.5. The number of nitrogens with one attached hydrogen (secondary N) is 2. The van der Waals surface area contributed by atoms with E-state index in [9.17, 15) is 9.59 Å². The van der Waals surface area contributed by atoms with Crippen LogP contribution in [-0.4, -0.2) is 56.3 Å². The van der Waals surface area contributed by atoms with Crippen molar-refractivity contribution in [1.29, 1.82) is 0 Å². The lowest BCUT2D eigenvalue weighted by molar-refractivity contribution is 0.101. The number of fused-ring (bicyclic) bond motifs is 2. The van der Waals surface area contributed by atoms with Crippen molar-refractivity contribution in [3.63, 3.8) is 0 Å². The second kappa shape index (κ2) is 18.9. The van der Waals surface area contributed by atoms with Gasteiger partial charge in [0.25, 0.3) is 17.8 Å². The van der Waals surface area contributed by atoms with Crippen LogP contribution in [0.5, 0.6) is 0 Å². The first-order chi connectivity index (χ1) is 33.6. The zero-order chi connectivity index (χ0) is 49.4. The molecule has 15 nitrogen and oxygen atoms in total. The summed E-state index contributed by atoms with van der Waals surface area (Å²) in [4.78, 5) is 48.9. The van der Waals surface area contributed by atoms with Gasteiger partial charge in [0, 0.05) is 63.3 Å². The number of hydrogen-bond acceptors (Lipinski definition) is 11. The highest BCUT2D eigenvalue weighted by atomic mass is 16.2. The van der Waals surface area contributed by atoms with E-state index in [2.05, 4.69) is 64.8 Å². The molecule has 15 heteroatoms. The van der Waals surface area contributed by atoms with E-state index >= 15 is 0 Å². The van der Waals surface area contributed by atoms with Gasteiger partial charge in [-0.15, -0.1) is 0 Å². The van der Waals surface area contributed by atoms with Gasteiger partial charge in [-0.3, -0.25) is 9.59 Å². The number of nitrogen functional groups attached to an aromatic ring is 2. The molecule has 0 saturated carbocycles. The minimum atomic E-state index is -0.321. The number of aromatic nitrogens is 9. The predicted octanol–water partition coefficient (Wildman–Crippen LogP) is 10.5. The summed E-state index contributed by atoms with van der Waals surface area (Å²) in [7, 11) is 0. The fourth-order valence-corrected chi connectivity index (χ4v) is 8.48. The van der Waals surface area contributed by atoms with Crippen LogP contribution in [0.1, 0.15) is 66.0 Å². The number of amides is 2. The monoisotopic (exact) mass is 925 g/mol. The van der Waals surface area contributed by atoms with Gasteiger partial charge >= 0.3 is 0 Å². The largest absolute Gasteiger partial charge is 0.383 e. The van der Waals surface area contributed by atoms with Crippen molar-refractivity contribution in [2.24, 2.45) is 0 Å². The number of carbonyl (C=O) groups is 2. The molecule has 348 valence electrons. The smallest absolute Gasteiger partial charge is 0.274 e. The number of rotatable bonds is 8. The first-order valence-electron chi connectivity index (χ1n) is 22.6. The van der Waals surface area contributed by atoms with Crippen LogP contribution in [0, 0.1) is 55.4 Å². The van der Waals surface area contributed by atoms with Gasteiger partial charge in [-0.1, -0.05) is 48.5 Å². The molecule has 0 atom stereocenters. The van der Waals surface area contributed by atoms with Crippen LogP contribution < -0.4 is 22.1 Å². The summed E-state index contributed by atoms with van der Waals surface area (Å²) in [5.41, 5.74) is 25.7. The van der Waals surface area contributed by atoms with Crippen LogP contribution in [0.3, 0.4) is 0 Å². The van der Waals surface area contributed by atoms with Crippen molar-refractivity contribution in [3.8, 4) is 34.0 Å². The van der Waals surface area contributed by atoms with Gasteiger partial charge in [-0.05, 0) is 160 Å². The molecule has 0 bridgehead atoms. The number of pyridine rings is 3. The summed E-state index contributed by atoms with van der Waals surface area (Å²) >= 11 is 0. The highest BCUT2D eigenvalue weighted by Gasteiger charge is 2.21. The number of benzene rings is 4. The summed E-state index contributed by atoms with van der Waals surface area (Å²) in [6.07, 6.45) is 5.30. The lowest BCUT2D eigenvalue weighted by Crippen LogP contribution is -2.18. The molecule has 0 aliphatic rings. The molecular formula is C55H51N13O2. The molecule has 0 saturated heterocycles. The normalized spacial score (nSPS) is 11.1. The fourth-order valence-electron chi connectivity index (χ4n) is 8.48. The van der Waals surface area contributed by atoms with Gasteiger partial charge in [0.15, 0.2) is 5.82 Å². The molecule has 6 aromatic heterocycles. The predicted molar refractivity (Wildman–Crippen MR) is 277 cm³/mol. The van der Waals surface area contributed by atoms with Crippen molar-refractivity contribution >= 4 is 56.4 Å². The highest BCUT2D eigenvalue weighted by molar-refractivity contribution is 6.07. The molecule has 4 aromatic carbocycles. The Balaban J connectivity index is 0.000000174. The highest BCUT2D eigenvalue weighted by Crippen LogP contribution is 2.31. The zero-order valence-electron chi connectivity index (χ0n) is 40.1. The Morgan fingerprint density at radius 1 is 0.471 bits per heavy atom. The lowest BCUT2D eigenvalue weighted by Gasteiger charge is -2.13. The Hall–Kier alpha value is -9.11. The van der Waals surface area contributed by atoms with Crippen LogP contribution in [0.15, 0.2) is 128 Å². The molecule has 10 rings (SSSR count). The third kappa shape index (κ3) is 9.40. The Kier molecular flexibility index (Phi) is 12.4. The molecule has 0 aliphatic heterocycles. The quantitative estimate of drug-likeness (QED) is 0.113. The van der Waals surface area contributed by atoms with E-state index in [1.165, 1.54) is 10.2 Å². The van der Waals surface area contributed by atoms with E-state index in [1.807, 2.05) is 140 Å². The summed E-state index contributed by atoms with van der Waals surface area (Å²) in [5.74, 6) is 1.15. The fraction of sp³-hybridized carbons (Fsp3) is 0.145. The van der Waals surface area contributed by atoms with Crippen LogP contribution in [0.25, 0.3) is 55.6 Å². The molecule has 0 aliphatic carbocycles. The number of carbonyl (C=O) groups excluding carboxylic acids is 2. The average molecular weight is 926 g/mol. The molecule has 0 unspecified atom stereocenters. The Morgan fingerprint density at radius 3 is 1.41 bits per heavy atom. The maximum absolute atomic E-state index is 13.3. The van der Waals surface area contributed by atoms with E-state index in [1.54, 1.807) is 29.2 Å². The number of nitrogens with zero attached hydrogens (tertiary/aromatic N) is 9. The molecule has 2 amide bonds. The average Bonchev–Trinajstić information content (AvgIpc) is 3.93. The van der Waals surface area contributed by atoms with Crippen LogP contribution in [0.4, 0.5) is 23.0 Å². The van der Waals surface area contributed by atoms with Gasteiger partial charge in [-0.2, -0.15) is 14.9 Å². The Labute approximate surface area is 404 Å². The number of aryl methyl sites for hydroxylation is 8. The van der Waals surface area contributed by atoms with Crippen molar-refractivity contribution in [2.45, 2.75) is 55.4 Å². The number of nitrogens with two attached hydrogens (primary N) is 2. The Morgan fingerprint density at radius 2 is 0.929 bits per heavy atom. The molecule has 6 heterocycles. The maximum atomic E-state index is 13.3. The summed E-state index contributed by atoms with van der Waals surface area (Å²) in [6, 6.07) is 35.2. The molecule has 10 aromatic rings. The summed E-state index contributed by atoms with van der Waals surface area (Å²) < 4.78 is 3.03. The lowest BCUT2D eigenvalue weighted by atomic mass is 10.0. The Bertz CT molecular complexity index is 3410. The van der Waals surface area contributed by atoms with Crippen molar-refractivity contribution in [1.82, 2.24) is 44.5 Å². The first-order valence-corrected chi connectivity index (χ1v) is 22.6. The van der Waals surface area contributed by atoms with E-state index in [4.69, 9.17) is 11.5 Å². The molecule has 0 fully saturated rings. The van der Waals surface area contributed by atoms with E-state index in [0.29, 0.717) is 51.9 Å². The topological polar surface area (TPSA) is 210 Å². The SMILES string of the molecule is Cc1cc2cc(C)c(NC(=O)c3cc(C)nn3-c3ccc(-c4ccccc4C)cn3)cc2c(N)n1.Cc1cc2cc(C)c(NC(=O)c3cc(C)nn3-c3ncc(-c4ccccc4C)cn3)cc2c(N)n1. The van der Waals surface area contributed by atoms with Crippen LogP contribution in [-0.2, 0) is 0 Å². The van der Waals surface area contributed by atoms with Crippen LogP contribution >= 0.6 is 0 Å². The third-order valence-electron chi connectivity index (χ3n) is 12.0. The third-order valence-corrected chi connectivity index (χ3v) is 12.0. The van der Waals surface area contributed by atoms with Crippen molar-refractivity contribution in [2.75, 3.05) is 22.1 Å². The molecule has 70 heavy (non-hydrogen) atoms. The van der Waals surface area contributed by atoms with Gasteiger partial charge in [0.05, 0.1) is 11.4 Å². The number of anilines is 4. The van der Waals surface area contributed by atoms with E-state index in [0.717, 1.165) is 77.6 Å². The van der Waals surface area contributed by atoms with E-state index in [-0.39, 0.29) is 11.8 Å². The molecular weight excluding hydrogens is 875 g/mol. The number of hydrogen-bond donors (Lipinski definition) is 4. The van der Waals surface area contributed by atoms with Crippen molar-refractivity contribution in [3.05, 3.63) is 184 Å².